The maximum Gasteiger partial charge on any atom is 0.0572 e. The molecule has 0 aromatic carbocycles. The van der Waals surface area contributed by atoms with Crippen molar-refractivity contribution in [3.05, 3.63) is 22.4 Å². The van der Waals surface area contributed by atoms with E-state index in [0.717, 1.165) is 13.0 Å². The molecule has 0 aliphatic rings. The van der Waals surface area contributed by atoms with Gasteiger partial charge in [-0.15, -0.1) is 0 Å². The van der Waals surface area contributed by atoms with Gasteiger partial charge in [0.05, 0.1) is 7.11 Å². The number of hydrogen-bond donors (Lipinski definition) is 1. The van der Waals surface area contributed by atoms with Crippen LogP contribution < -0.4 is 5.48 Å². The van der Waals surface area contributed by atoms with Crippen molar-refractivity contribution in [3.8, 4) is 0 Å². The Morgan fingerprint density at radius 3 is 3.20 bits per heavy atom. The topological polar surface area (TPSA) is 21.3 Å². The summed E-state index contributed by atoms with van der Waals surface area (Å²) in [4.78, 5) is 4.69. The van der Waals surface area contributed by atoms with Gasteiger partial charge in [0, 0.05) is 6.54 Å². The highest BCUT2D eigenvalue weighted by Gasteiger charge is 1.90. The number of rotatable bonds is 4. The molecule has 0 amide bonds. The van der Waals surface area contributed by atoms with E-state index in [2.05, 4.69) is 22.3 Å². The monoisotopic (exact) mass is 157 g/mol. The molecule has 2 nitrogen and oxygen atoms in total. The molecule has 10 heavy (non-hydrogen) atoms. The molecule has 0 fully saturated rings. The van der Waals surface area contributed by atoms with Crippen LogP contribution in [-0.4, -0.2) is 13.7 Å². The summed E-state index contributed by atoms with van der Waals surface area (Å²) in [7, 11) is 1.63. The lowest BCUT2D eigenvalue weighted by Crippen LogP contribution is -2.14. The Balaban J connectivity index is 2.15. The quantitative estimate of drug-likeness (QED) is 0.527. The first kappa shape index (κ1) is 7.72. The van der Waals surface area contributed by atoms with Crippen molar-refractivity contribution in [2.75, 3.05) is 13.7 Å². The minimum atomic E-state index is 0.882. The fourth-order valence-electron chi connectivity index (χ4n) is 0.732. The first-order chi connectivity index (χ1) is 4.93. The van der Waals surface area contributed by atoms with Gasteiger partial charge in [-0.05, 0) is 28.8 Å². The Hall–Kier alpha value is -0.380. The van der Waals surface area contributed by atoms with Crippen LogP contribution >= 0.6 is 11.3 Å². The molecule has 1 aromatic rings. The molecule has 1 rings (SSSR count). The zero-order valence-electron chi connectivity index (χ0n) is 5.96. The number of thiophene rings is 1. The summed E-state index contributed by atoms with van der Waals surface area (Å²) >= 11 is 1.73. The number of nitrogens with one attached hydrogen (secondary N) is 1. The molecule has 0 unspecified atom stereocenters. The van der Waals surface area contributed by atoms with E-state index >= 15 is 0 Å². The van der Waals surface area contributed by atoms with Crippen molar-refractivity contribution in [1.29, 1.82) is 0 Å². The number of hydroxylamine groups is 1. The molecule has 0 saturated heterocycles. The zero-order chi connectivity index (χ0) is 7.23. The van der Waals surface area contributed by atoms with Gasteiger partial charge in [-0.2, -0.15) is 11.3 Å². The summed E-state index contributed by atoms with van der Waals surface area (Å²) in [6.07, 6.45) is 1.04. The average molecular weight is 157 g/mol. The van der Waals surface area contributed by atoms with Gasteiger partial charge in [0.25, 0.3) is 0 Å². The molecule has 0 bridgehead atoms. The van der Waals surface area contributed by atoms with Gasteiger partial charge in [-0.1, -0.05) is 0 Å². The van der Waals surface area contributed by atoms with Gasteiger partial charge in [-0.25, -0.2) is 5.48 Å². The molecule has 56 valence electrons. The van der Waals surface area contributed by atoms with E-state index in [1.165, 1.54) is 5.56 Å². The van der Waals surface area contributed by atoms with Gasteiger partial charge < -0.3 is 4.84 Å². The van der Waals surface area contributed by atoms with E-state index in [0.29, 0.717) is 0 Å². The Labute approximate surface area is 64.8 Å². The number of hydrogen-bond acceptors (Lipinski definition) is 3. The van der Waals surface area contributed by atoms with Gasteiger partial charge in [0.15, 0.2) is 0 Å². The average Bonchev–Trinajstić information content (AvgIpc) is 2.41. The van der Waals surface area contributed by atoms with Crippen LogP contribution in [0.2, 0.25) is 0 Å². The summed E-state index contributed by atoms with van der Waals surface area (Å²) in [5.74, 6) is 0. The smallest absolute Gasteiger partial charge is 0.0572 e. The highest BCUT2D eigenvalue weighted by molar-refractivity contribution is 7.07. The van der Waals surface area contributed by atoms with Crippen molar-refractivity contribution in [2.24, 2.45) is 0 Å². The van der Waals surface area contributed by atoms with E-state index in [1.807, 2.05) is 0 Å². The lowest BCUT2D eigenvalue weighted by atomic mass is 10.2. The summed E-state index contributed by atoms with van der Waals surface area (Å²) < 4.78 is 0. The third-order valence-electron chi connectivity index (χ3n) is 1.24. The molecule has 0 saturated carbocycles. The normalized spacial score (nSPS) is 10.1. The Kier molecular flexibility index (Phi) is 3.43. The Bertz CT molecular complexity index is 162. The largest absolute Gasteiger partial charge is 0.305 e. The second-order valence-electron chi connectivity index (χ2n) is 1.98. The summed E-state index contributed by atoms with van der Waals surface area (Å²) in [6.45, 7) is 0.882. The Morgan fingerprint density at radius 2 is 2.60 bits per heavy atom. The van der Waals surface area contributed by atoms with E-state index in [4.69, 9.17) is 4.84 Å². The van der Waals surface area contributed by atoms with E-state index < -0.39 is 0 Å². The summed E-state index contributed by atoms with van der Waals surface area (Å²) in [6, 6.07) is 2.13. The van der Waals surface area contributed by atoms with Crippen molar-refractivity contribution in [3.63, 3.8) is 0 Å². The molecular formula is C7H11NOS. The van der Waals surface area contributed by atoms with E-state index in [1.54, 1.807) is 18.4 Å². The maximum atomic E-state index is 4.69. The minimum absolute atomic E-state index is 0.882. The van der Waals surface area contributed by atoms with E-state index in [9.17, 15) is 0 Å². The molecule has 3 heteroatoms. The van der Waals surface area contributed by atoms with Crippen LogP contribution in [0.1, 0.15) is 5.56 Å². The molecule has 0 atom stereocenters. The molecule has 1 N–H and O–H groups in total. The molecule has 0 radical (unpaired) electrons. The predicted molar refractivity (Wildman–Crippen MR) is 43.0 cm³/mol. The highest BCUT2D eigenvalue weighted by atomic mass is 32.1. The maximum absolute atomic E-state index is 4.69. The van der Waals surface area contributed by atoms with Crippen LogP contribution in [0.3, 0.4) is 0 Å². The van der Waals surface area contributed by atoms with Crippen molar-refractivity contribution in [2.45, 2.75) is 6.42 Å². The summed E-state index contributed by atoms with van der Waals surface area (Å²) in [5, 5.41) is 4.24. The van der Waals surface area contributed by atoms with Crippen LogP contribution in [-0.2, 0) is 11.3 Å². The molecular weight excluding hydrogens is 146 g/mol. The lowest BCUT2D eigenvalue weighted by Gasteiger charge is -1.97. The molecule has 0 aliphatic carbocycles. The second kappa shape index (κ2) is 4.44. The van der Waals surface area contributed by atoms with Crippen LogP contribution in [0.4, 0.5) is 0 Å². The molecule has 0 spiro atoms. The minimum Gasteiger partial charge on any atom is -0.305 e. The van der Waals surface area contributed by atoms with Crippen molar-refractivity contribution < 1.29 is 4.84 Å². The van der Waals surface area contributed by atoms with Gasteiger partial charge in [0.2, 0.25) is 0 Å². The molecule has 1 heterocycles. The van der Waals surface area contributed by atoms with Crippen molar-refractivity contribution in [1.82, 2.24) is 5.48 Å². The zero-order valence-corrected chi connectivity index (χ0v) is 6.78. The first-order valence-electron chi connectivity index (χ1n) is 3.20. The SMILES string of the molecule is CONCCc1ccsc1. The first-order valence-corrected chi connectivity index (χ1v) is 4.14. The standard InChI is InChI=1S/C7H11NOS/c1-9-8-4-2-7-3-5-10-6-7/h3,5-6,8H,2,4H2,1H3. The lowest BCUT2D eigenvalue weighted by molar-refractivity contribution is 0.0928. The summed E-state index contributed by atoms with van der Waals surface area (Å²) in [5.41, 5.74) is 4.16. The van der Waals surface area contributed by atoms with Gasteiger partial charge >= 0.3 is 0 Å². The third kappa shape index (κ3) is 2.47. The fraction of sp³-hybridized carbons (Fsp3) is 0.429. The third-order valence-corrected chi connectivity index (χ3v) is 1.97. The van der Waals surface area contributed by atoms with E-state index in [-0.39, 0.29) is 0 Å². The highest BCUT2D eigenvalue weighted by Crippen LogP contribution is 2.05. The van der Waals surface area contributed by atoms with Crippen LogP contribution in [0.5, 0.6) is 0 Å². The Morgan fingerprint density at radius 1 is 1.70 bits per heavy atom. The van der Waals surface area contributed by atoms with Crippen LogP contribution in [0.15, 0.2) is 16.8 Å². The van der Waals surface area contributed by atoms with Crippen LogP contribution in [0, 0.1) is 0 Å². The van der Waals surface area contributed by atoms with Gasteiger partial charge in [0.1, 0.15) is 0 Å². The van der Waals surface area contributed by atoms with Gasteiger partial charge in [-0.3, -0.25) is 0 Å². The van der Waals surface area contributed by atoms with Crippen LogP contribution in [0.25, 0.3) is 0 Å². The predicted octanol–water partition coefficient (Wildman–Crippen LogP) is 1.44. The van der Waals surface area contributed by atoms with Crippen molar-refractivity contribution >= 4 is 11.3 Å². The second-order valence-corrected chi connectivity index (χ2v) is 2.76. The fourth-order valence-corrected chi connectivity index (χ4v) is 1.44. The molecule has 1 aromatic heterocycles. The molecule has 0 aliphatic heterocycles.